The summed E-state index contributed by atoms with van der Waals surface area (Å²) in [6.45, 7) is 0.120. The van der Waals surface area contributed by atoms with Crippen molar-refractivity contribution in [1.82, 2.24) is 5.32 Å². The second kappa shape index (κ2) is 8.19. The lowest BCUT2D eigenvalue weighted by atomic mass is 10.2. The number of phenols is 1. The minimum absolute atomic E-state index is 0.0222. The van der Waals surface area contributed by atoms with Crippen LogP contribution in [-0.2, 0) is 11.3 Å². The lowest BCUT2D eigenvalue weighted by Gasteiger charge is -2.04. The van der Waals surface area contributed by atoms with Crippen molar-refractivity contribution in [2.45, 2.75) is 6.61 Å². The zero-order valence-corrected chi connectivity index (χ0v) is 12.6. The Hall–Kier alpha value is -3.53. The van der Waals surface area contributed by atoms with Gasteiger partial charge in [0.15, 0.2) is 0 Å². The van der Waals surface area contributed by atoms with Crippen molar-refractivity contribution in [1.29, 1.82) is 0 Å². The van der Waals surface area contributed by atoms with E-state index in [0.717, 1.165) is 11.6 Å². The average molecular weight is 326 g/mol. The molecular formula is C17H14N2O5. The number of nitrogens with zero attached hydrogens (tertiary/aromatic N) is 1. The number of nitro groups is 1. The predicted molar refractivity (Wildman–Crippen MR) is 86.3 cm³/mol. The second-order valence-electron chi connectivity index (χ2n) is 4.68. The van der Waals surface area contributed by atoms with Gasteiger partial charge in [-0.1, -0.05) is 42.2 Å². The number of nitro benzene ring substituents is 1. The minimum atomic E-state index is -0.634. The Kier molecular flexibility index (Phi) is 5.75. The number of hydrogen-bond donors (Lipinski definition) is 2. The number of aromatic hydroxyl groups is 1. The molecule has 2 aromatic carbocycles. The van der Waals surface area contributed by atoms with Crippen LogP contribution in [0.2, 0.25) is 0 Å². The Morgan fingerprint density at radius 3 is 2.71 bits per heavy atom. The molecule has 2 N–H and O–H groups in total. The monoisotopic (exact) mass is 326 g/mol. The summed E-state index contributed by atoms with van der Waals surface area (Å²) in [6.07, 6.45) is -0.631. The van der Waals surface area contributed by atoms with Gasteiger partial charge in [0.25, 0.3) is 5.69 Å². The van der Waals surface area contributed by atoms with Gasteiger partial charge in [-0.15, -0.1) is 0 Å². The molecule has 0 aromatic heterocycles. The van der Waals surface area contributed by atoms with Crippen LogP contribution in [0, 0.1) is 22.0 Å². The van der Waals surface area contributed by atoms with Gasteiger partial charge in [0.2, 0.25) is 0 Å². The van der Waals surface area contributed by atoms with Crippen molar-refractivity contribution in [3.05, 3.63) is 69.8 Å². The maximum absolute atomic E-state index is 11.5. The molecule has 0 aliphatic rings. The molecule has 2 rings (SSSR count). The molecule has 1 amide bonds. The van der Waals surface area contributed by atoms with Gasteiger partial charge in [0.05, 0.1) is 17.5 Å². The fourth-order valence-corrected chi connectivity index (χ4v) is 1.81. The lowest BCUT2D eigenvalue weighted by Crippen LogP contribution is -2.24. The van der Waals surface area contributed by atoms with Gasteiger partial charge < -0.3 is 15.2 Å². The molecule has 7 heteroatoms. The molecule has 0 fully saturated rings. The summed E-state index contributed by atoms with van der Waals surface area (Å²) in [5.41, 5.74) is 0.713. The smallest absolute Gasteiger partial charge is 0.408 e. The number of carbonyl (C=O) groups is 1. The van der Waals surface area contributed by atoms with E-state index < -0.39 is 11.0 Å². The molecule has 0 saturated heterocycles. The van der Waals surface area contributed by atoms with Crippen LogP contribution in [0.25, 0.3) is 0 Å². The topological polar surface area (TPSA) is 102 Å². The molecule has 0 aliphatic heterocycles. The van der Waals surface area contributed by atoms with Gasteiger partial charge in [-0.05, 0) is 17.7 Å². The summed E-state index contributed by atoms with van der Waals surface area (Å²) in [6, 6.07) is 12.9. The first-order chi connectivity index (χ1) is 11.6. The highest BCUT2D eigenvalue weighted by atomic mass is 16.6. The summed E-state index contributed by atoms with van der Waals surface area (Å²) < 4.78 is 5.00. The predicted octanol–water partition coefficient (Wildman–Crippen LogP) is 2.58. The van der Waals surface area contributed by atoms with Crippen molar-refractivity contribution in [3.8, 4) is 17.6 Å². The van der Waals surface area contributed by atoms with E-state index in [0.29, 0.717) is 0 Å². The van der Waals surface area contributed by atoms with Crippen LogP contribution < -0.4 is 5.32 Å². The normalized spacial score (nSPS) is 9.50. The molecule has 0 heterocycles. The standard InChI is InChI=1S/C17H14N2O5/c20-15-9-8-14(16(11-15)19(22)23)7-4-10-18-17(21)24-12-13-5-2-1-3-6-13/h1-3,5-6,8-9,11,20H,10,12H2,(H,18,21). The largest absolute Gasteiger partial charge is 0.508 e. The summed E-state index contributed by atoms with van der Waals surface area (Å²) in [7, 11) is 0. The highest BCUT2D eigenvalue weighted by Gasteiger charge is 2.12. The minimum Gasteiger partial charge on any atom is -0.508 e. The molecule has 2 aromatic rings. The molecule has 0 spiro atoms. The lowest BCUT2D eigenvalue weighted by molar-refractivity contribution is -0.385. The third kappa shape index (κ3) is 5.03. The molecule has 122 valence electrons. The van der Waals surface area contributed by atoms with Gasteiger partial charge in [-0.25, -0.2) is 4.79 Å². The summed E-state index contributed by atoms with van der Waals surface area (Å²) in [5.74, 6) is 4.96. The number of amides is 1. The van der Waals surface area contributed by atoms with E-state index in [2.05, 4.69) is 17.2 Å². The van der Waals surface area contributed by atoms with Crippen LogP contribution in [0.1, 0.15) is 11.1 Å². The Balaban J connectivity index is 1.85. The van der Waals surface area contributed by atoms with E-state index >= 15 is 0 Å². The Bertz CT molecular complexity index is 794. The molecule has 0 aliphatic carbocycles. The summed E-state index contributed by atoms with van der Waals surface area (Å²) in [4.78, 5) is 21.7. The van der Waals surface area contributed by atoms with Gasteiger partial charge in [-0.2, -0.15) is 0 Å². The Morgan fingerprint density at radius 2 is 2.00 bits per heavy atom. The highest BCUT2D eigenvalue weighted by Crippen LogP contribution is 2.22. The van der Waals surface area contributed by atoms with Crippen molar-refractivity contribution in [2.24, 2.45) is 0 Å². The van der Waals surface area contributed by atoms with Crippen LogP contribution in [-0.4, -0.2) is 22.7 Å². The molecule has 0 radical (unpaired) electrons. The first-order valence-electron chi connectivity index (χ1n) is 6.97. The van der Waals surface area contributed by atoms with E-state index in [1.54, 1.807) is 0 Å². The van der Waals surface area contributed by atoms with Crippen molar-refractivity contribution in [3.63, 3.8) is 0 Å². The molecule has 0 bridgehead atoms. The fourth-order valence-electron chi connectivity index (χ4n) is 1.81. The average Bonchev–Trinajstić information content (AvgIpc) is 2.58. The SMILES string of the molecule is O=C(NCC#Cc1ccc(O)cc1[N+](=O)[O-])OCc1ccccc1. The van der Waals surface area contributed by atoms with Crippen molar-refractivity contribution in [2.75, 3.05) is 6.54 Å². The number of alkyl carbamates (subject to hydrolysis) is 1. The van der Waals surface area contributed by atoms with Crippen LogP contribution in [0.4, 0.5) is 10.5 Å². The van der Waals surface area contributed by atoms with E-state index in [1.165, 1.54) is 12.1 Å². The van der Waals surface area contributed by atoms with Gasteiger partial charge in [-0.3, -0.25) is 10.1 Å². The molecule has 0 atom stereocenters. The Morgan fingerprint density at radius 1 is 1.25 bits per heavy atom. The highest BCUT2D eigenvalue weighted by molar-refractivity contribution is 5.67. The maximum Gasteiger partial charge on any atom is 0.408 e. The van der Waals surface area contributed by atoms with Crippen LogP contribution >= 0.6 is 0 Å². The summed E-state index contributed by atoms with van der Waals surface area (Å²) in [5, 5.41) is 22.6. The molecule has 24 heavy (non-hydrogen) atoms. The van der Waals surface area contributed by atoms with Crippen molar-refractivity contribution >= 4 is 11.8 Å². The molecule has 0 unspecified atom stereocenters. The van der Waals surface area contributed by atoms with E-state index in [1.807, 2.05) is 30.3 Å². The fraction of sp³-hybridized carbons (Fsp3) is 0.118. The number of hydrogen-bond acceptors (Lipinski definition) is 5. The summed E-state index contributed by atoms with van der Waals surface area (Å²) >= 11 is 0. The number of ether oxygens (including phenoxy) is 1. The van der Waals surface area contributed by atoms with E-state index in [4.69, 9.17) is 4.74 Å². The molecular weight excluding hydrogens is 312 g/mol. The van der Waals surface area contributed by atoms with E-state index in [9.17, 15) is 20.0 Å². The Labute approximate surface area is 138 Å². The van der Waals surface area contributed by atoms with Crippen LogP contribution in [0.5, 0.6) is 5.75 Å². The third-order valence-corrected chi connectivity index (χ3v) is 2.93. The van der Waals surface area contributed by atoms with Crippen molar-refractivity contribution < 1.29 is 19.6 Å². The number of nitrogens with one attached hydrogen (secondary N) is 1. The quantitative estimate of drug-likeness (QED) is 0.511. The molecule has 7 nitrogen and oxygen atoms in total. The second-order valence-corrected chi connectivity index (χ2v) is 4.68. The van der Waals surface area contributed by atoms with E-state index in [-0.39, 0.29) is 30.2 Å². The first-order valence-corrected chi connectivity index (χ1v) is 6.97. The van der Waals surface area contributed by atoms with Gasteiger partial charge in [0.1, 0.15) is 17.9 Å². The van der Waals surface area contributed by atoms with Crippen LogP contribution in [0.15, 0.2) is 48.5 Å². The number of benzene rings is 2. The zero-order chi connectivity index (χ0) is 17.4. The number of rotatable bonds is 4. The number of carbonyl (C=O) groups excluding carboxylic acids is 1. The number of phenolic OH excluding ortho intramolecular Hbond substituents is 1. The molecule has 0 saturated carbocycles. The maximum atomic E-state index is 11.5. The zero-order valence-electron chi connectivity index (χ0n) is 12.6. The third-order valence-electron chi connectivity index (χ3n) is 2.93. The van der Waals surface area contributed by atoms with Gasteiger partial charge >= 0.3 is 6.09 Å². The first kappa shape index (κ1) is 16.8. The van der Waals surface area contributed by atoms with Gasteiger partial charge in [0, 0.05) is 0 Å². The van der Waals surface area contributed by atoms with Crippen LogP contribution in [0.3, 0.4) is 0 Å².